The summed E-state index contributed by atoms with van der Waals surface area (Å²) in [5.74, 6) is -0.470. The van der Waals surface area contributed by atoms with Crippen LogP contribution in [0.25, 0.3) is 0 Å². The maximum absolute atomic E-state index is 11.7. The Balaban J connectivity index is 3.70. The molecule has 0 saturated carbocycles. The summed E-state index contributed by atoms with van der Waals surface area (Å²) in [4.78, 5) is 10.8. The topological polar surface area (TPSA) is 54.4 Å². The predicted octanol–water partition coefficient (Wildman–Crippen LogP) is 2.96. The Bertz CT molecular complexity index is 236. The molecule has 0 radical (unpaired) electrons. The number of carboxylic acids is 1. The molecule has 0 aliphatic heterocycles. The van der Waals surface area contributed by atoms with Gasteiger partial charge in [-0.15, -0.1) is 0 Å². The third kappa shape index (κ3) is 5.64. The van der Waals surface area contributed by atoms with Crippen molar-refractivity contribution in [2.45, 2.75) is 64.0 Å². The van der Waals surface area contributed by atoms with Gasteiger partial charge in [-0.3, -0.25) is 9.00 Å². The van der Waals surface area contributed by atoms with Crippen molar-refractivity contribution in [1.82, 2.24) is 0 Å². The maximum atomic E-state index is 11.7. The summed E-state index contributed by atoms with van der Waals surface area (Å²) in [6.07, 6.45) is 6.79. The van der Waals surface area contributed by atoms with E-state index in [1.165, 1.54) is 39.5 Å². The Kier molecular flexibility index (Phi) is 7.64. The average molecular weight is 248 g/mol. The van der Waals surface area contributed by atoms with Crippen LogP contribution in [0.5, 0.6) is 0 Å². The summed E-state index contributed by atoms with van der Waals surface area (Å²) in [5, 5.41) is 8.89. The SMILES string of the molecule is CCCCCCCCS(=O)C(C)(C)C(=O)O. The van der Waals surface area contributed by atoms with Crippen LogP contribution in [-0.4, -0.2) is 25.8 Å². The van der Waals surface area contributed by atoms with Crippen LogP contribution in [0.3, 0.4) is 0 Å². The molecule has 3 nitrogen and oxygen atoms in total. The largest absolute Gasteiger partial charge is 0.480 e. The summed E-state index contributed by atoms with van der Waals surface area (Å²) < 4.78 is 10.6. The van der Waals surface area contributed by atoms with Crippen LogP contribution in [0.2, 0.25) is 0 Å². The zero-order chi connectivity index (χ0) is 12.6. The Morgan fingerprint density at radius 2 is 1.62 bits per heavy atom. The molecular weight excluding hydrogens is 224 g/mol. The van der Waals surface area contributed by atoms with Gasteiger partial charge in [0.2, 0.25) is 0 Å². The van der Waals surface area contributed by atoms with E-state index in [1.807, 2.05) is 0 Å². The molecule has 4 heteroatoms. The van der Waals surface area contributed by atoms with Gasteiger partial charge in [-0.2, -0.15) is 0 Å². The van der Waals surface area contributed by atoms with E-state index < -0.39 is 21.5 Å². The summed E-state index contributed by atoms with van der Waals surface area (Å²) in [7, 11) is -1.27. The monoisotopic (exact) mass is 248 g/mol. The standard InChI is InChI=1S/C12H24O3S/c1-4-5-6-7-8-9-10-16(15)12(2,3)11(13)14/h4-10H2,1-3H3,(H,13,14). The minimum absolute atomic E-state index is 0.505. The lowest BCUT2D eigenvalue weighted by atomic mass is 10.1. The molecule has 0 aliphatic carbocycles. The molecule has 0 saturated heterocycles. The maximum Gasteiger partial charge on any atom is 0.321 e. The minimum atomic E-state index is -1.27. The molecule has 0 heterocycles. The van der Waals surface area contributed by atoms with Gasteiger partial charge in [0.25, 0.3) is 0 Å². The van der Waals surface area contributed by atoms with Crippen LogP contribution in [0.1, 0.15) is 59.3 Å². The number of carbonyl (C=O) groups is 1. The molecule has 0 rings (SSSR count). The zero-order valence-corrected chi connectivity index (χ0v) is 11.4. The van der Waals surface area contributed by atoms with E-state index in [4.69, 9.17) is 5.11 Å². The van der Waals surface area contributed by atoms with Crippen molar-refractivity contribution in [3.8, 4) is 0 Å². The van der Waals surface area contributed by atoms with Crippen molar-refractivity contribution in [2.75, 3.05) is 5.75 Å². The molecule has 0 amide bonds. The van der Waals surface area contributed by atoms with Crippen LogP contribution >= 0.6 is 0 Å². The first kappa shape index (κ1) is 15.6. The second-order valence-electron chi connectivity index (χ2n) is 4.63. The van der Waals surface area contributed by atoms with Crippen LogP contribution in [0.4, 0.5) is 0 Å². The molecule has 0 aromatic heterocycles. The van der Waals surface area contributed by atoms with Gasteiger partial charge < -0.3 is 5.11 Å². The highest BCUT2D eigenvalue weighted by molar-refractivity contribution is 7.87. The molecule has 0 spiro atoms. The average Bonchev–Trinajstić information content (AvgIpc) is 2.22. The van der Waals surface area contributed by atoms with Gasteiger partial charge >= 0.3 is 5.97 Å². The van der Waals surface area contributed by atoms with E-state index in [1.54, 1.807) is 0 Å². The van der Waals surface area contributed by atoms with Gasteiger partial charge in [0.1, 0.15) is 4.75 Å². The Morgan fingerprint density at radius 1 is 1.12 bits per heavy atom. The highest BCUT2D eigenvalue weighted by Gasteiger charge is 2.33. The smallest absolute Gasteiger partial charge is 0.321 e. The van der Waals surface area contributed by atoms with Crippen molar-refractivity contribution in [3.63, 3.8) is 0 Å². The van der Waals surface area contributed by atoms with Gasteiger partial charge in [-0.1, -0.05) is 39.0 Å². The third-order valence-corrected chi connectivity index (χ3v) is 4.74. The van der Waals surface area contributed by atoms with Crippen LogP contribution in [-0.2, 0) is 15.6 Å². The predicted molar refractivity (Wildman–Crippen MR) is 68.1 cm³/mol. The lowest BCUT2D eigenvalue weighted by Crippen LogP contribution is -2.37. The highest BCUT2D eigenvalue weighted by atomic mass is 32.2. The Hall–Kier alpha value is -0.380. The van der Waals surface area contributed by atoms with Crippen molar-refractivity contribution >= 4 is 16.8 Å². The van der Waals surface area contributed by atoms with E-state index >= 15 is 0 Å². The number of rotatable bonds is 9. The molecule has 0 aromatic carbocycles. The van der Waals surface area contributed by atoms with Crippen molar-refractivity contribution in [2.24, 2.45) is 0 Å². The lowest BCUT2D eigenvalue weighted by molar-refractivity contribution is -0.139. The summed E-state index contributed by atoms with van der Waals surface area (Å²) in [6, 6.07) is 0. The Labute approximate surface area is 101 Å². The highest BCUT2D eigenvalue weighted by Crippen LogP contribution is 2.15. The van der Waals surface area contributed by atoms with E-state index in [-0.39, 0.29) is 0 Å². The lowest BCUT2D eigenvalue weighted by Gasteiger charge is -2.18. The first-order chi connectivity index (χ1) is 7.42. The molecule has 1 unspecified atom stereocenters. The number of carboxylic acid groups (broad SMARTS) is 1. The fourth-order valence-electron chi connectivity index (χ4n) is 1.37. The minimum Gasteiger partial charge on any atom is -0.480 e. The van der Waals surface area contributed by atoms with Gasteiger partial charge in [0.15, 0.2) is 0 Å². The molecule has 96 valence electrons. The molecule has 16 heavy (non-hydrogen) atoms. The van der Waals surface area contributed by atoms with Crippen LogP contribution in [0, 0.1) is 0 Å². The Morgan fingerprint density at radius 3 is 2.12 bits per heavy atom. The zero-order valence-electron chi connectivity index (χ0n) is 10.6. The second kappa shape index (κ2) is 7.82. The van der Waals surface area contributed by atoms with Crippen molar-refractivity contribution < 1.29 is 14.1 Å². The number of hydrogen-bond donors (Lipinski definition) is 1. The van der Waals surface area contributed by atoms with Crippen molar-refractivity contribution in [3.05, 3.63) is 0 Å². The first-order valence-electron chi connectivity index (χ1n) is 6.04. The van der Waals surface area contributed by atoms with Gasteiger partial charge in [-0.25, -0.2) is 0 Å². The summed E-state index contributed by atoms with van der Waals surface area (Å²) >= 11 is 0. The first-order valence-corrected chi connectivity index (χ1v) is 7.36. The van der Waals surface area contributed by atoms with E-state index in [9.17, 15) is 9.00 Å². The summed E-state index contributed by atoms with van der Waals surface area (Å²) in [5.41, 5.74) is 0. The molecule has 0 aliphatic rings. The van der Waals surface area contributed by atoms with E-state index in [2.05, 4.69) is 6.92 Å². The number of hydrogen-bond acceptors (Lipinski definition) is 2. The number of unbranched alkanes of at least 4 members (excludes halogenated alkanes) is 5. The van der Waals surface area contributed by atoms with Gasteiger partial charge in [-0.05, 0) is 20.3 Å². The fraction of sp³-hybridized carbons (Fsp3) is 0.917. The van der Waals surface area contributed by atoms with Crippen LogP contribution < -0.4 is 0 Å². The van der Waals surface area contributed by atoms with Gasteiger partial charge in [0.05, 0.1) is 0 Å². The normalized spacial score (nSPS) is 13.7. The second-order valence-corrected chi connectivity index (χ2v) is 6.75. The van der Waals surface area contributed by atoms with Crippen LogP contribution in [0.15, 0.2) is 0 Å². The molecular formula is C12H24O3S. The molecule has 0 bridgehead atoms. The number of aliphatic carboxylic acids is 1. The third-order valence-electron chi connectivity index (χ3n) is 2.77. The molecule has 1 N–H and O–H groups in total. The molecule has 0 fully saturated rings. The van der Waals surface area contributed by atoms with E-state index in [0.29, 0.717) is 5.75 Å². The van der Waals surface area contributed by atoms with E-state index in [0.717, 1.165) is 12.8 Å². The quantitative estimate of drug-likeness (QED) is 0.638. The summed E-state index contributed by atoms with van der Waals surface area (Å²) in [6.45, 7) is 5.23. The van der Waals surface area contributed by atoms with Crippen molar-refractivity contribution in [1.29, 1.82) is 0 Å². The fourth-order valence-corrected chi connectivity index (χ4v) is 2.54. The molecule has 0 aromatic rings. The molecule has 1 atom stereocenters. The van der Waals surface area contributed by atoms with Gasteiger partial charge in [0, 0.05) is 16.6 Å².